The van der Waals surface area contributed by atoms with Gasteiger partial charge in [-0.05, 0) is 36.4 Å². The predicted molar refractivity (Wildman–Crippen MR) is 112 cm³/mol. The zero-order valence-corrected chi connectivity index (χ0v) is 16.9. The summed E-state index contributed by atoms with van der Waals surface area (Å²) in [6, 6.07) is 10.3. The Morgan fingerprint density at radius 1 is 1.29 bits per heavy atom. The van der Waals surface area contributed by atoms with Crippen molar-refractivity contribution in [1.29, 1.82) is 0 Å². The van der Waals surface area contributed by atoms with E-state index in [2.05, 4.69) is 33.6 Å². The molecule has 1 aromatic heterocycles. The van der Waals surface area contributed by atoms with Crippen LogP contribution in [-0.2, 0) is 0 Å². The van der Waals surface area contributed by atoms with E-state index < -0.39 is 0 Å². The molecule has 2 aliphatic heterocycles. The van der Waals surface area contributed by atoms with Crippen molar-refractivity contribution in [2.24, 2.45) is 5.41 Å². The topological polar surface area (TPSA) is 56.7 Å². The average molecular weight is 398 g/mol. The molecule has 2 aromatic rings. The quantitative estimate of drug-likeness (QED) is 0.861. The van der Waals surface area contributed by atoms with Crippen LogP contribution in [0.5, 0.6) is 0 Å². The number of rotatable bonds is 4. The number of aliphatic hydroxyl groups is 1. The molecule has 0 unspecified atom stereocenters. The molecule has 3 heterocycles. The van der Waals surface area contributed by atoms with E-state index in [-0.39, 0.29) is 17.4 Å². The van der Waals surface area contributed by atoms with Crippen LogP contribution < -0.4 is 0 Å². The Kier molecular flexibility index (Phi) is 5.90. The number of piperidine rings is 2. The standard InChI is InChI=1S/C22H27N3O2S/c26-20-9-13-24(11-4-8-18-6-2-1-3-7-18)16-22(20)10-5-12-25(17-22)21(27)19-14-23-28-15-19/h1-4,6-8,14-15,20,26H,5,9-13,16-17H2/t20-,22-/m1/s1. The van der Waals surface area contributed by atoms with Gasteiger partial charge < -0.3 is 10.0 Å². The summed E-state index contributed by atoms with van der Waals surface area (Å²) in [6.45, 7) is 3.98. The van der Waals surface area contributed by atoms with Gasteiger partial charge in [-0.2, -0.15) is 0 Å². The molecule has 148 valence electrons. The molecule has 2 saturated heterocycles. The number of amides is 1. The van der Waals surface area contributed by atoms with Crippen LogP contribution in [0.4, 0.5) is 0 Å². The maximum atomic E-state index is 12.8. The molecule has 1 aromatic carbocycles. The zero-order valence-electron chi connectivity index (χ0n) is 16.0. The lowest BCUT2D eigenvalue weighted by Crippen LogP contribution is -2.59. The van der Waals surface area contributed by atoms with Crippen LogP contribution in [0.25, 0.3) is 6.08 Å². The Labute approximate surface area is 170 Å². The van der Waals surface area contributed by atoms with Crippen molar-refractivity contribution in [3.05, 3.63) is 59.1 Å². The third kappa shape index (κ3) is 4.19. The summed E-state index contributed by atoms with van der Waals surface area (Å²) in [5.41, 5.74) is 1.64. The van der Waals surface area contributed by atoms with Crippen LogP contribution in [-0.4, -0.2) is 64.0 Å². The van der Waals surface area contributed by atoms with E-state index >= 15 is 0 Å². The SMILES string of the molecule is O=C(c1cnsc1)N1CCC[C@@]2(CN(CC=Cc3ccccc3)CC[C@H]2O)C1. The minimum atomic E-state index is -0.349. The van der Waals surface area contributed by atoms with Crippen molar-refractivity contribution in [2.75, 3.05) is 32.7 Å². The number of carbonyl (C=O) groups excluding carboxylic acids is 1. The molecular weight excluding hydrogens is 370 g/mol. The maximum absolute atomic E-state index is 12.8. The van der Waals surface area contributed by atoms with E-state index in [1.807, 2.05) is 28.5 Å². The van der Waals surface area contributed by atoms with Gasteiger partial charge in [0.05, 0.1) is 17.9 Å². The monoisotopic (exact) mass is 397 g/mol. The molecule has 0 aliphatic carbocycles. The van der Waals surface area contributed by atoms with Gasteiger partial charge in [0.25, 0.3) is 5.91 Å². The van der Waals surface area contributed by atoms with Crippen molar-refractivity contribution in [3.8, 4) is 0 Å². The molecule has 2 aliphatic rings. The number of nitrogens with zero attached hydrogens (tertiary/aromatic N) is 3. The van der Waals surface area contributed by atoms with Gasteiger partial charge in [0.1, 0.15) is 0 Å². The van der Waals surface area contributed by atoms with Crippen molar-refractivity contribution < 1.29 is 9.90 Å². The van der Waals surface area contributed by atoms with E-state index in [4.69, 9.17) is 0 Å². The highest BCUT2D eigenvalue weighted by Crippen LogP contribution is 2.39. The fourth-order valence-corrected chi connectivity index (χ4v) is 5.04. The summed E-state index contributed by atoms with van der Waals surface area (Å²) in [7, 11) is 0. The van der Waals surface area contributed by atoms with Crippen LogP contribution in [0.15, 0.2) is 48.0 Å². The number of benzene rings is 1. The van der Waals surface area contributed by atoms with Crippen LogP contribution in [0, 0.1) is 5.41 Å². The zero-order chi connectivity index (χ0) is 19.4. The first-order chi connectivity index (χ1) is 13.7. The molecule has 5 nitrogen and oxygen atoms in total. The highest BCUT2D eigenvalue weighted by molar-refractivity contribution is 7.03. The number of likely N-dealkylation sites (tertiary alicyclic amines) is 2. The molecule has 0 bridgehead atoms. The summed E-state index contributed by atoms with van der Waals surface area (Å²) < 4.78 is 4.06. The largest absolute Gasteiger partial charge is 0.392 e. The Morgan fingerprint density at radius 2 is 2.14 bits per heavy atom. The number of aromatic nitrogens is 1. The van der Waals surface area contributed by atoms with Gasteiger partial charge in [-0.3, -0.25) is 9.69 Å². The molecule has 1 N–H and O–H groups in total. The number of hydrogen-bond acceptors (Lipinski definition) is 5. The molecule has 6 heteroatoms. The van der Waals surface area contributed by atoms with Crippen molar-refractivity contribution in [1.82, 2.24) is 14.2 Å². The van der Waals surface area contributed by atoms with Gasteiger partial charge in [-0.15, -0.1) is 0 Å². The summed E-state index contributed by atoms with van der Waals surface area (Å²) in [6.07, 6.45) is 8.32. The highest BCUT2D eigenvalue weighted by atomic mass is 32.1. The fourth-order valence-electron chi connectivity index (χ4n) is 4.53. The van der Waals surface area contributed by atoms with E-state index in [0.717, 1.165) is 45.4 Å². The lowest BCUT2D eigenvalue weighted by atomic mass is 9.71. The first kappa shape index (κ1) is 19.3. The molecule has 0 saturated carbocycles. The van der Waals surface area contributed by atoms with E-state index in [0.29, 0.717) is 12.1 Å². The summed E-state index contributed by atoms with van der Waals surface area (Å²) in [5.74, 6) is 0.0427. The molecule has 1 amide bonds. The minimum absolute atomic E-state index is 0.0427. The second-order valence-electron chi connectivity index (χ2n) is 7.96. The van der Waals surface area contributed by atoms with Gasteiger partial charge in [0, 0.05) is 43.5 Å². The fraction of sp³-hybridized carbons (Fsp3) is 0.455. The molecule has 28 heavy (non-hydrogen) atoms. The lowest BCUT2D eigenvalue weighted by molar-refractivity contribution is -0.0762. The summed E-state index contributed by atoms with van der Waals surface area (Å²) in [4.78, 5) is 17.1. The molecule has 0 radical (unpaired) electrons. The highest BCUT2D eigenvalue weighted by Gasteiger charge is 2.46. The normalized spacial score (nSPS) is 26.2. The third-order valence-electron chi connectivity index (χ3n) is 6.01. The third-order valence-corrected chi connectivity index (χ3v) is 6.60. The van der Waals surface area contributed by atoms with Gasteiger partial charge >= 0.3 is 0 Å². The van der Waals surface area contributed by atoms with E-state index in [1.165, 1.54) is 17.1 Å². The Balaban J connectivity index is 1.42. The molecular formula is C22H27N3O2S. The Bertz CT molecular complexity index is 808. The second kappa shape index (κ2) is 8.55. The lowest BCUT2D eigenvalue weighted by Gasteiger charge is -2.51. The van der Waals surface area contributed by atoms with Crippen molar-refractivity contribution in [2.45, 2.75) is 25.4 Å². The predicted octanol–water partition coefficient (Wildman–Crippen LogP) is 3.15. The average Bonchev–Trinajstić information content (AvgIpc) is 3.26. The Morgan fingerprint density at radius 3 is 2.93 bits per heavy atom. The van der Waals surface area contributed by atoms with Crippen molar-refractivity contribution in [3.63, 3.8) is 0 Å². The smallest absolute Gasteiger partial charge is 0.256 e. The maximum Gasteiger partial charge on any atom is 0.256 e. The summed E-state index contributed by atoms with van der Waals surface area (Å²) >= 11 is 1.30. The number of aliphatic hydroxyl groups excluding tert-OH is 1. The van der Waals surface area contributed by atoms with E-state index in [9.17, 15) is 9.90 Å². The Hall–Kier alpha value is -2.02. The van der Waals surface area contributed by atoms with Crippen LogP contribution >= 0.6 is 11.5 Å². The minimum Gasteiger partial charge on any atom is -0.392 e. The van der Waals surface area contributed by atoms with Crippen molar-refractivity contribution >= 4 is 23.5 Å². The number of carbonyl (C=O) groups is 1. The van der Waals surface area contributed by atoms with Gasteiger partial charge in [-0.1, -0.05) is 42.5 Å². The molecule has 2 fully saturated rings. The van der Waals surface area contributed by atoms with E-state index in [1.54, 1.807) is 6.20 Å². The van der Waals surface area contributed by atoms with Crippen LogP contribution in [0.2, 0.25) is 0 Å². The first-order valence-corrected chi connectivity index (χ1v) is 10.8. The summed E-state index contributed by atoms with van der Waals surface area (Å²) in [5, 5.41) is 12.6. The second-order valence-corrected chi connectivity index (χ2v) is 8.62. The molecule has 4 rings (SSSR count). The number of hydrogen-bond donors (Lipinski definition) is 1. The van der Waals surface area contributed by atoms with Gasteiger partial charge in [-0.25, -0.2) is 4.37 Å². The van der Waals surface area contributed by atoms with Crippen LogP contribution in [0.3, 0.4) is 0 Å². The van der Waals surface area contributed by atoms with Crippen LogP contribution in [0.1, 0.15) is 35.2 Å². The first-order valence-electron chi connectivity index (χ1n) is 9.97. The molecule has 2 atom stereocenters. The van der Waals surface area contributed by atoms with Gasteiger partial charge in [0.15, 0.2) is 0 Å². The van der Waals surface area contributed by atoms with Gasteiger partial charge in [0.2, 0.25) is 0 Å². The molecule has 1 spiro atoms.